The highest BCUT2D eigenvalue weighted by Crippen LogP contribution is 2.02. The van der Waals surface area contributed by atoms with Crippen LogP contribution in [-0.2, 0) is 0 Å². The molecular formula is C7H11BN4O2. The van der Waals surface area contributed by atoms with Crippen LogP contribution in [0.1, 0.15) is 0 Å². The summed E-state index contributed by atoms with van der Waals surface area (Å²) in [5, 5.41) is 14.5. The molecule has 1 aliphatic rings. The summed E-state index contributed by atoms with van der Waals surface area (Å²) in [7, 11) is 0.786. The maximum absolute atomic E-state index is 3.82. The van der Waals surface area contributed by atoms with Crippen LogP contribution in [0.25, 0.3) is 0 Å². The second-order valence-electron chi connectivity index (χ2n) is 2.58. The van der Waals surface area contributed by atoms with E-state index >= 15 is 0 Å². The Morgan fingerprint density at radius 3 is 2.07 bits per heavy atom. The molecule has 4 N–H and O–H groups in total. The zero-order chi connectivity index (χ0) is 8.23. The Balaban J connectivity index is 0.000000845. The van der Waals surface area contributed by atoms with Crippen molar-refractivity contribution in [2.24, 2.45) is 20.7 Å². The number of benzene rings is 1. The van der Waals surface area contributed by atoms with Gasteiger partial charge in [0.1, 0.15) is 0 Å². The molecule has 0 aliphatic carbocycles. The molecule has 1 aromatic rings. The van der Waals surface area contributed by atoms with Gasteiger partial charge in [-0.3, -0.25) is 0 Å². The molecule has 14 heavy (non-hydrogen) atoms. The van der Waals surface area contributed by atoms with E-state index in [1.165, 1.54) is 5.46 Å². The molecule has 0 radical (unpaired) electrons. The van der Waals surface area contributed by atoms with Crippen molar-refractivity contribution in [2.45, 2.75) is 6.07 Å². The van der Waals surface area contributed by atoms with Gasteiger partial charge in [-0.2, -0.15) is 0 Å². The molecule has 2 rings (SSSR count). The summed E-state index contributed by atoms with van der Waals surface area (Å²) in [5.41, 5.74) is 1.21. The molecule has 0 fully saturated rings. The summed E-state index contributed by atoms with van der Waals surface area (Å²) in [5.74, 6) is 0. The largest absolute Gasteiger partial charge is 0.412 e. The van der Waals surface area contributed by atoms with Gasteiger partial charge in [0.15, 0.2) is 6.07 Å². The molecule has 0 saturated heterocycles. The molecule has 0 saturated carbocycles. The quantitative estimate of drug-likeness (QED) is 0.549. The first-order valence-corrected chi connectivity index (χ1v) is 3.79. The monoisotopic (exact) mass is 194 g/mol. The lowest BCUT2D eigenvalue weighted by Crippen LogP contribution is -2.23. The van der Waals surface area contributed by atoms with E-state index in [-0.39, 0.29) is 17.0 Å². The molecule has 7 heteroatoms. The molecular weight excluding hydrogens is 183 g/mol. The fourth-order valence-corrected chi connectivity index (χ4v) is 1.10. The molecule has 0 atom stereocenters. The van der Waals surface area contributed by atoms with Crippen LogP contribution in [0.15, 0.2) is 51.0 Å². The summed E-state index contributed by atoms with van der Waals surface area (Å²) in [6, 6.07) is 9.97. The van der Waals surface area contributed by atoms with Crippen molar-refractivity contribution in [1.82, 2.24) is 0 Å². The maximum atomic E-state index is 3.82. The van der Waals surface area contributed by atoms with Gasteiger partial charge in [-0.15, -0.1) is 10.2 Å². The molecule has 1 aromatic carbocycles. The summed E-state index contributed by atoms with van der Waals surface area (Å²) in [6.45, 7) is 0. The van der Waals surface area contributed by atoms with E-state index in [0.717, 1.165) is 7.28 Å². The van der Waals surface area contributed by atoms with Gasteiger partial charge in [0, 0.05) is 0 Å². The van der Waals surface area contributed by atoms with E-state index in [1.807, 2.05) is 30.3 Å². The summed E-state index contributed by atoms with van der Waals surface area (Å²) >= 11 is 0. The third-order valence-corrected chi connectivity index (χ3v) is 1.67. The first kappa shape index (κ1) is 12.4. The van der Waals surface area contributed by atoms with Crippen LogP contribution in [0.3, 0.4) is 0 Å². The Morgan fingerprint density at radius 1 is 0.929 bits per heavy atom. The van der Waals surface area contributed by atoms with Gasteiger partial charge < -0.3 is 11.0 Å². The normalized spacial score (nSPS) is 13.1. The predicted molar refractivity (Wildman–Crippen MR) is 54.0 cm³/mol. The Morgan fingerprint density at radius 2 is 1.50 bits per heavy atom. The predicted octanol–water partition coefficient (Wildman–Crippen LogP) is -0.784. The molecule has 1 heterocycles. The van der Waals surface area contributed by atoms with Crippen LogP contribution in [0, 0.1) is 0 Å². The average molecular weight is 194 g/mol. The summed E-state index contributed by atoms with van der Waals surface area (Å²) in [4.78, 5) is 0. The van der Waals surface area contributed by atoms with E-state index in [0.29, 0.717) is 0 Å². The SMILES string of the molecule is B(c1ccccc1)C1N=NN=N1.O.O. The summed E-state index contributed by atoms with van der Waals surface area (Å²) < 4.78 is 0. The van der Waals surface area contributed by atoms with Crippen LogP contribution < -0.4 is 5.46 Å². The first-order chi connectivity index (χ1) is 5.95. The van der Waals surface area contributed by atoms with Crippen molar-refractivity contribution in [3.05, 3.63) is 30.3 Å². The molecule has 0 amide bonds. The highest BCUT2D eigenvalue weighted by molar-refractivity contribution is 6.55. The van der Waals surface area contributed by atoms with Crippen LogP contribution >= 0.6 is 0 Å². The second-order valence-corrected chi connectivity index (χ2v) is 2.58. The van der Waals surface area contributed by atoms with Crippen molar-refractivity contribution < 1.29 is 11.0 Å². The maximum Gasteiger partial charge on any atom is 0.220 e. The highest BCUT2D eigenvalue weighted by Gasteiger charge is 2.11. The van der Waals surface area contributed by atoms with E-state index in [1.54, 1.807) is 0 Å². The van der Waals surface area contributed by atoms with Crippen LogP contribution in [0.2, 0.25) is 0 Å². The van der Waals surface area contributed by atoms with Gasteiger partial charge in [0.2, 0.25) is 7.28 Å². The second kappa shape index (κ2) is 5.95. The topological polar surface area (TPSA) is 112 Å². The van der Waals surface area contributed by atoms with Crippen molar-refractivity contribution in [2.75, 3.05) is 0 Å². The van der Waals surface area contributed by atoms with Crippen molar-refractivity contribution in [3.63, 3.8) is 0 Å². The van der Waals surface area contributed by atoms with Crippen LogP contribution in [-0.4, -0.2) is 24.3 Å². The Bertz CT molecular complexity index is 305. The van der Waals surface area contributed by atoms with E-state index < -0.39 is 0 Å². The lowest BCUT2D eigenvalue weighted by molar-refractivity contribution is 0.823. The minimum Gasteiger partial charge on any atom is -0.412 e. The smallest absolute Gasteiger partial charge is 0.220 e. The van der Waals surface area contributed by atoms with Crippen molar-refractivity contribution in [3.8, 4) is 0 Å². The van der Waals surface area contributed by atoms with Crippen LogP contribution in [0.4, 0.5) is 0 Å². The number of rotatable bonds is 2. The Labute approximate surface area is 81.6 Å². The van der Waals surface area contributed by atoms with Gasteiger partial charge >= 0.3 is 0 Å². The van der Waals surface area contributed by atoms with Crippen LogP contribution in [0.5, 0.6) is 0 Å². The highest BCUT2D eigenvalue weighted by atomic mass is 16.0. The Kier molecular flexibility index (Phi) is 5.27. The molecule has 1 aliphatic heterocycles. The molecule has 0 spiro atoms. The molecule has 6 nitrogen and oxygen atoms in total. The molecule has 74 valence electrons. The first-order valence-electron chi connectivity index (χ1n) is 3.79. The third kappa shape index (κ3) is 3.04. The van der Waals surface area contributed by atoms with E-state index in [4.69, 9.17) is 0 Å². The number of hydrogen-bond acceptors (Lipinski definition) is 4. The number of hydrogen-bond donors (Lipinski definition) is 0. The number of nitrogens with zero attached hydrogens (tertiary/aromatic N) is 4. The summed E-state index contributed by atoms with van der Waals surface area (Å²) in [6.07, 6.45) is 0. The van der Waals surface area contributed by atoms with Crippen molar-refractivity contribution >= 4 is 12.7 Å². The van der Waals surface area contributed by atoms with Gasteiger partial charge in [-0.05, 0) is 10.4 Å². The van der Waals surface area contributed by atoms with E-state index in [9.17, 15) is 0 Å². The third-order valence-electron chi connectivity index (χ3n) is 1.67. The lowest BCUT2D eigenvalue weighted by Gasteiger charge is -1.97. The molecule has 0 bridgehead atoms. The molecule has 0 aromatic heterocycles. The standard InChI is InChI=1S/C7H7BN4.2H2O/c1-2-4-6(5-3-1)8-7-9-11-12-10-7;;/h1-5,7-8H;2*1H2. The van der Waals surface area contributed by atoms with E-state index in [2.05, 4.69) is 20.7 Å². The van der Waals surface area contributed by atoms with Gasteiger partial charge in [-0.1, -0.05) is 35.8 Å². The minimum absolute atomic E-state index is 0. The zero-order valence-electron chi connectivity index (χ0n) is 7.46. The average Bonchev–Trinajstić information content (AvgIpc) is 2.59. The fourth-order valence-electron chi connectivity index (χ4n) is 1.10. The zero-order valence-corrected chi connectivity index (χ0v) is 7.46. The van der Waals surface area contributed by atoms with Gasteiger partial charge in [0.25, 0.3) is 0 Å². The Hall–Kier alpha value is -1.60. The fraction of sp³-hybridized carbons (Fsp3) is 0.143. The minimum atomic E-state index is -0.104. The van der Waals surface area contributed by atoms with Gasteiger partial charge in [-0.25, -0.2) is 0 Å². The van der Waals surface area contributed by atoms with Crippen molar-refractivity contribution in [1.29, 1.82) is 0 Å². The van der Waals surface area contributed by atoms with Gasteiger partial charge in [0.05, 0.1) is 0 Å². The lowest BCUT2D eigenvalue weighted by atomic mass is 9.67. The molecule has 0 unspecified atom stereocenters.